The standard InChI is InChI=1S/C13H22N4O3/c1-5-20-7-11-15-9(14)6-10(16-11)17-12(8(2)3)13(18)19-4/h6,8,12H,5,7H2,1-4H3,(H3,14,15,16,17). The largest absolute Gasteiger partial charge is 0.467 e. The number of ether oxygens (including phenoxy) is 2. The molecule has 112 valence electrons. The van der Waals surface area contributed by atoms with Gasteiger partial charge >= 0.3 is 5.97 Å². The van der Waals surface area contributed by atoms with Gasteiger partial charge < -0.3 is 20.5 Å². The molecule has 0 saturated carbocycles. The number of nitrogens with two attached hydrogens (primary N) is 1. The molecular formula is C13H22N4O3. The van der Waals surface area contributed by atoms with Crippen LogP contribution in [0.3, 0.4) is 0 Å². The molecule has 0 aromatic carbocycles. The van der Waals surface area contributed by atoms with E-state index in [9.17, 15) is 4.79 Å². The Morgan fingerprint density at radius 2 is 2.15 bits per heavy atom. The second-order valence-corrected chi connectivity index (χ2v) is 4.62. The molecule has 1 heterocycles. The van der Waals surface area contributed by atoms with Crippen molar-refractivity contribution < 1.29 is 14.3 Å². The number of aromatic nitrogens is 2. The normalized spacial score (nSPS) is 12.2. The fourth-order valence-electron chi connectivity index (χ4n) is 1.63. The summed E-state index contributed by atoms with van der Waals surface area (Å²) in [6.45, 7) is 6.57. The maximum atomic E-state index is 11.7. The van der Waals surface area contributed by atoms with E-state index >= 15 is 0 Å². The number of methoxy groups -OCH3 is 1. The number of anilines is 2. The van der Waals surface area contributed by atoms with Crippen LogP contribution in [-0.2, 0) is 20.9 Å². The van der Waals surface area contributed by atoms with Crippen molar-refractivity contribution in [3.05, 3.63) is 11.9 Å². The number of nitrogens with zero attached hydrogens (tertiary/aromatic N) is 2. The third-order valence-corrected chi connectivity index (χ3v) is 2.65. The second-order valence-electron chi connectivity index (χ2n) is 4.62. The lowest BCUT2D eigenvalue weighted by Gasteiger charge is -2.20. The van der Waals surface area contributed by atoms with Crippen molar-refractivity contribution in [2.75, 3.05) is 24.8 Å². The molecular weight excluding hydrogens is 260 g/mol. The molecule has 0 saturated heterocycles. The van der Waals surface area contributed by atoms with Crippen LogP contribution in [0, 0.1) is 5.92 Å². The van der Waals surface area contributed by atoms with Crippen molar-refractivity contribution in [3.8, 4) is 0 Å². The molecule has 0 aliphatic heterocycles. The highest BCUT2D eigenvalue weighted by Gasteiger charge is 2.23. The number of carbonyl (C=O) groups is 1. The summed E-state index contributed by atoms with van der Waals surface area (Å²) in [5, 5.41) is 3.03. The Morgan fingerprint density at radius 3 is 2.70 bits per heavy atom. The average Bonchev–Trinajstić information content (AvgIpc) is 2.40. The Bertz CT molecular complexity index is 451. The molecule has 1 aromatic rings. The number of esters is 1. The topological polar surface area (TPSA) is 99.4 Å². The molecule has 0 fully saturated rings. The van der Waals surface area contributed by atoms with E-state index in [1.165, 1.54) is 7.11 Å². The highest BCUT2D eigenvalue weighted by Crippen LogP contribution is 2.14. The third-order valence-electron chi connectivity index (χ3n) is 2.65. The number of nitrogen functional groups attached to an aromatic ring is 1. The minimum Gasteiger partial charge on any atom is -0.467 e. The Balaban J connectivity index is 2.89. The lowest BCUT2D eigenvalue weighted by molar-refractivity contribution is -0.142. The molecule has 0 spiro atoms. The van der Waals surface area contributed by atoms with Gasteiger partial charge in [-0.05, 0) is 12.8 Å². The molecule has 0 amide bonds. The van der Waals surface area contributed by atoms with Gasteiger partial charge in [0, 0.05) is 12.7 Å². The first-order valence-corrected chi connectivity index (χ1v) is 6.53. The van der Waals surface area contributed by atoms with E-state index < -0.39 is 6.04 Å². The van der Waals surface area contributed by atoms with E-state index in [2.05, 4.69) is 15.3 Å². The second kappa shape index (κ2) is 7.64. The van der Waals surface area contributed by atoms with Crippen molar-refractivity contribution in [1.29, 1.82) is 0 Å². The number of hydrogen-bond acceptors (Lipinski definition) is 7. The monoisotopic (exact) mass is 282 g/mol. The fourth-order valence-corrected chi connectivity index (χ4v) is 1.63. The minimum atomic E-state index is -0.491. The molecule has 3 N–H and O–H groups in total. The first kappa shape index (κ1) is 16.2. The maximum absolute atomic E-state index is 11.7. The predicted molar refractivity (Wildman–Crippen MR) is 76.0 cm³/mol. The average molecular weight is 282 g/mol. The number of hydrogen-bond donors (Lipinski definition) is 2. The van der Waals surface area contributed by atoms with Crippen LogP contribution in [0.4, 0.5) is 11.6 Å². The molecule has 0 bridgehead atoms. The van der Waals surface area contributed by atoms with Crippen LogP contribution in [-0.4, -0.2) is 35.7 Å². The summed E-state index contributed by atoms with van der Waals surface area (Å²) >= 11 is 0. The van der Waals surface area contributed by atoms with Crippen LogP contribution in [0.5, 0.6) is 0 Å². The molecule has 1 rings (SSSR count). The van der Waals surface area contributed by atoms with Gasteiger partial charge in [-0.1, -0.05) is 13.8 Å². The van der Waals surface area contributed by atoms with Crippen LogP contribution in [0.1, 0.15) is 26.6 Å². The summed E-state index contributed by atoms with van der Waals surface area (Å²) in [6, 6.07) is 1.09. The zero-order valence-electron chi connectivity index (χ0n) is 12.3. The van der Waals surface area contributed by atoms with Gasteiger partial charge in [-0.25, -0.2) is 14.8 Å². The quantitative estimate of drug-likeness (QED) is 0.725. The minimum absolute atomic E-state index is 0.0500. The Morgan fingerprint density at radius 1 is 1.45 bits per heavy atom. The molecule has 1 unspecified atom stereocenters. The first-order chi connectivity index (χ1) is 9.47. The number of nitrogens with one attached hydrogen (secondary N) is 1. The molecule has 7 nitrogen and oxygen atoms in total. The lowest BCUT2D eigenvalue weighted by Crippen LogP contribution is -2.36. The predicted octanol–water partition coefficient (Wildman–Crippen LogP) is 1.20. The van der Waals surface area contributed by atoms with Gasteiger partial charge in [-0.2, -0.15) is 0 Å². The van der Waals surface area contributed by atoms with Gasteiger partial charge in [0.2, 0.25) is 0 Å². The highest BCUT2D eigenvalue weighted by molar-refractivity contribution is 5.79. The Kier molecular flexibility index (Phi) is 6.17. The SMILES string of the molecule is CCOCc1nc(N)cc(NC(C(=O)OC)C(C)C)n1. The summed E-state index contributed by atoms with van der Waals surface area (Å²) in [5.74, 6) is 0.986. The number of rotatable bonds is 7. The van der Waals surface area contributed by atoms with Gasteiger partial charge in [0.25, 0.3) is 0 Å². The van der Waals surface area contributed by atoms with Crippen molar-refractivity contribution >= 4 is 17.6 Å². The smallest absolute Gasteiger partial charge is 0.328 e. The molecule has 0 radical (unpaired) electrons. The first-order valence-electron chi connectivity index (χ1n) is 6.53. The molecule has 7 heteroatoms. The van der Waals surface area contributed by atoms with Gasteiger partial charge in [-0.15, -0.1) is 0 Å². The highest BCUT2D eigenvalue weighted by atomic mass is 16.5. The van der Waals surface area contributed by atoms with Crippen LogP contribution < -0.4 is 11.1 Å². The Labute approximate surface area is 118 Å². The van der Waals surface area contributed by atoms with E-state index in [1.54, 1.807) is 6.07 Å². The fraction of sp³-hybridized carbons (Fsp3) is 0.615. The van der Waals surface area contributed by atoms with Gasteiger partial charge in [0.1, 0.15) is 24.3 Å². The van der Waals surface area contributed by atoms with Gasteiger partial charge in [0.05, 0.1) is 7.11 Å². The van der Waals surface area contributed by atoms with Crippen LogP contribution in [0.15, 0.2) is 6.07 Å². The zero-order valence-corrected chi connectivity index (χ0v) is 12.3. The molecule has 0 aliphatic rings. The zero-order chi connectivity index (χ0) is 15.1. The van der Waals surface area contributed by atoms with Crippen LogP contribution in [0.2, 0.25) is 0 Å². The summed E-state index contributed by atoms with van der Waals surface area (Å²) in [7, 11) is 1.36. The summed E-state index contributed by atoms with van der Waals surface area (Å²) in [6.07, 6.45) is 0. The van der Waals surface area contributed by atoms with Crippen molar-refractivity contribution in [2.24, 2.45) is 5.92 Å². The summed E-state index contributed by atoms with van der Waals surface area (Å²) in [4.78, 5) is 20.1. The van der Waals surface area contributed by atoms with E-state index in [0.29, 0.717) is 24.1 Å². The van der Waals surface area contributed by atoms with Crippen molar-refractivity contribution in [2.45, 2.75) is 33.4 Å². The van der Waals surface area contributed by atoms with E-state index in [4.69, 9.17) is 15.2 Å². The summed E-state index contributed by atoms with van der Waals surface area (Å²) in [5.41, 5.74) is 5.73. The molecule has 20 heavy (non-hydrogen) atoms. The van der Waals surface area contributed by atoms with Crippen LogP contribution >= 0.6 is 0 Å². The summed E-state index contributed by atoms with van der Waals surface area (Å²) < 4.78 is 10.0. The van der Waals surface area contributed by atoms with Gasteiger partial charge in [0.15, 0.2) is 5.82 Å². The number of carbonyl (C=O) groups excluding carboxylic acids is 1. The van der Waals surface area contributed by atoms with E-state index in [1.807, 2.05) is 20.8 Å². The van der Waals surface area contributed by atoms with E-state index in [0.717, 1.165) is 0 Å². The van der Waals surface area contributed by atoms with Crippen LogP contribution in [0.25, 0.3) is 0 Å². The molecule has 1 atom stereocenters. The maximum Gasteiger partial charge on any atom is 0.328 e. The van der Waals surface area contributed by atoms with E-state index in [-0.39, 0.29) is 18.5 Å². The van der Waals surface area contributed by atoms with Crippen molar-refractivity contribution in [1.82, 2.24) is 9.97 Å². The molecule has 1 aromatic heterocycles. The third kappa shape index (κ3) is 4.65. The lowest BCUT2D eigenvalue weighted by atomic mass is 10.0. The van der Waals surface area contributed by atoms with Gasteiger partial charge in [-0.3, -0.25) is 0 Å². The molecule has 0 aliphatic carbocycles. The van der Waals surface area contributed by atoms with Crippen molar-refractivity contribution in [3.63, 3.8) is 0 Å². The Hall–Kier alpha value is -1.89.